The normalized spacial score (nSPS) is 22.0. The molecule has 24 nitrogen and oxygen atoms in total. The molecule has 2 unspecified atom stereocenters. The van der Waals surface area contributed by atoms with Gasteiger partial charge in [-0.2, -0.15) is 4.31 Å². The summed E-state index contributed by atoms with van der Waals surface area (Å²) >= 11 is 1.07. The number of aliphatic hydroxyl groups excluding tert-OH is 2. The first-order valence-electron chi connectivity index (χ1n) is 15.1. The van der Waals surface area contributed by atoms with Gasteiger partial charge in [-0.15, -0.1) is 0 Å². The number of ether oxygens (including phenoxy) is 1. The molecule has 29 heteroatoms. The monoisotopic (exact) mass is 830 g/mol. The van der Waals surface area contributed by atoms with E-state index in [9.17, 15) is 57.9 Å². The van der Waals surface area contributed by atoms with Crippen LogP contribution < -0.4 is 16.4 Å². The molecule has 1 radical (unpaired) electrons. The number of nitrogens with zero attached hydrogens (tertiary/aromatic N) is 4. The number of rotatable bonds is 20. The maximum Gasteiger partial charge on any atom is 0.481 e. The summed E-state index contributed by atoms with van der Waals surface area (Å²) < 4.78 is 61.9. The number of nitrogen functional groups attached to an aromatic ring is 1. The van der Waals surface area contributed by atoms with Gasteiger partial charge in [-0.3, -0.25) is 32.5 Å². The van der Waals surface area contributed by atoms with Crippen molar-refractivity contribution in [3.05, 3.63) is 12.7 Å². The Morgan fingerprint density at radius 1 is 1.08 bits per heavy atom. The van der Waals surface area contributed by atoms with Crippen LogP contribution >= 0.6 is 35.2 Å². The third-order valence-electron chi connectivity index (χ3n) is 7.05. The number of nitrogens with two attached hydrogens (primary N) is 1. The molecule has 10 N–H and O–H groups in total. The number of nitrogens with one attached hydrogen (secondary N) is 2. The molecule has 7 atom stereocenters. The molecule has 1 aliphatic heterocycles. The summed E-state index contributed by atoms with van der Waals surface area (Å²) in [6.07, 6.45) is -6.52. The minimum absolute atomic E-state index is 0. The van der Waals surface area contributed by atoms with Gasteiger partial charge in [0.25, 0.3) is 0 Å². The van der Waals surface area contributed by atoms with Gasteiger partial charge in [-0.25, -0.2) is 28.6 Å². The molecule has 1 fully saturated rings. The van der Waals surface area contributed by atoms with Crippen molar-refractivity contribution < 1.29 is 80.5 Å². The Bertz CT molecular complexity index is 1740. The Hall–Kier alpha value is -1.84. The van der Waals surface area contributed by atoms with Crippen LogP contribution in [-0.2, 0) is 50.7 Å². The number of hydrogen-bond acceptors (Lipinski definition) is 18. The molecule has 53 heavy (non-hydrogen) atoms. The molecule has 0 spiro atoms. The van der Waals surface area contributed by atoms with Crippen LogP contribution in [0.4, 0.5) is 5.82 Å². The molecule has 0 bridgehead atoms. The number of imidazole rings is 1. The summed E-state index contributed by atoms with van der Waals surface area (Å²) in [5.41, 5.74) is 4.26. The fraction of sp³-hybridized carbons (Fsp3) is 0.667. The predicted octanol–water partition coefficient (Wildman–Crippen LogP) is -1.31. The predicted molar refractivity (Wildman–Crippen MR) is 183 cm³/mol. The van der Waals surface area contributed by atoms with E-state index in [1.54, 1.807) is 6.92 Å². The maximum atomic E-state index is 12.6. The van der Waals surface area contributed by atoms with E-state index < -0.39 is 84.6 Å². The van der Waals surface area contributed by atoms with Crippen molar-refractivity contribution >= 4 is 88.0 Å². The van der Waals surface area contributed by atoms with Crippen molar-refractivity contribution in [3.8, 4) is 0 Å². The number of fused-ring (bicyclic) bond motifs is 1. The molecule has 2 aromatic rings. The van der Waals surface area contributed by atoms with Gasteiger partial charge in [0.1, 0.15) is 36.3 Å². The van der Waals surface area contributed by atoms with E-state index in [0.29, 0.717) is 12.2 Å². The Labute approximate surface area is 317 Å². The fourth-order valence-electron chi connectivity index (χ4n) is 4.40. The molecule has 2 amide bonds. The summed E-state index contributed by atoms with van der Waals surface area (Å²) in [5.74, 6) is -1.07. The topological polar surface area (TPSA) is 364 Å². The average Bonchev–Trinajstić information content (AvgIpc) is 3.60. The van der Waals surface area contributed by atoms with Gasteiger partial charge in [0.05, 0.1) is 19.5 Å². The minimum Gasteiger partial charge on any atom is -0.386 e. The molecule has 3 rings (SSSR count). The quantitative estimate of drug-likeness (QED) is 0.0425. The number of carbonyl (C=O) groups is 3. The number of hydrogen-bond donors (Lipinski definition) is 9. The Kier molecular flexibility index (Phi) is 17.7. The molecular weight excluding hydrogens is 790 g/mol. The van der Waals surface area contributed by atoms with Crippen LogP contribution in [0.5, 0.6) is 0 Å². The second kappa shape index (κ2) is 19.8. The summed E-state index contributed by atoms with van der Waals surface area (Å²) in [4.78, 5) is 86.4. The number of amides is 2. The smallest absolute Gasteiger partial charge is 0.386 e. The standard InChI is InChI=1S/C24H40N7O17P3S.Li/c1-4-15(33)52-8-7-26-14(32)5-6-27-22(36)19(35)24(2,3)10-45-51(42,43)48-50(40,41)44-9-13-18(47-49(37,38)39)17(34)23(46-13)31-12-30-16-20(25)28-11-29-21(16)31;/h11-13,17-19,23,34-35H,4-10H2,1-3H3,(H,26,32)(H,27,36)(H,40,41)(H,42,43)(H2,25,28,29)(H2,37,38,39);/t13-,17-,18-,19+,23-;/m1./s1. The van der Waals surface area contributed by atoms with Crippen LogP contribution in [0.25, 0.3) is 11.2 Å². The van der Waals surface area contributed by atoms with Crippen LogP contribution in [0.2, 0.25) is 0 Å². The molecule has 3 heterocycles. The Balaban J connectivity index is 0.00000972. The minimum atomic E-state index is -5.56. The molecule has 1 aliphatic rings. The molecule has 295 valence electrons. The van der Waals surface area contributed by atoms with E-state index in [2.05, 4.69) is 34.4 Å². The van der Waals surface area contributed by atoms with Crippen molar-refractivity contribution in [1.82, 2.24) is 30.2 Å². The van der Waals surface area contributed by atoms with Crippen molar-refractivity contribution in [2.75, 3.05) is 37.8 Å². The van der Waals surface area contributed by atoms with Crippen molar-refractivity contribution in [3.63, 3.8) is 0 Å². The van der Waals surface area contributed by atoms with Gasteiger partial charge >= 0.3 is 23.5 Å². The summed E-state index contributed by atoms with van der Waals surface area (Å²) in [6, 6.07) is 0. The zero-order valence-corrected chi connectivity index (χ0v) is 32.3. The number of phosphoric acid groups is 3. The third kappa shape index (κ3) is 14.3. The maximum absolute atomic E-state index is 12.6. The van der Waals surface area contributed by atoms with Gasteiger partial charge in [0, 0.05) is 56.0 Å². The van der Waals surface area contributed by atoms with Crippen LogP contribution in [0.15, 0.2) is 12.7 Å². The summed E-state index contributed by atoms with van der Waals surface area (Å²) in [6.45, 7) is 2.24. The largest absolute Gasteiger partial charge is 0.481 e. The third-order valence-corrected chi connectivity index (χ3v) is 11.2. The zero-order valence-electron chi connectivity index (χ0n) is 28.8. The van der Waals surface area contributed by atoms with E-state index in [1.807, 2.05) is 0 Å². The van der Waals surface area contributed by atoms with Gasteiger partial charge in [0.2, 0.25) is 11.8 Å². The number of carbonyl (C=O) groups excluding carboxylic acids is 3. The Morgan fingerprint density at radius 2 is 1.74 bits per heavy atom. The summed E-state index contributed by atoms with van der Waals surface area (Å²) in [7, 11) is -16.4. The van der Waals surface area contributed by atoms with Gasteiger partial charge in [-0.1, -0.05) is 32.5 Å². The van der Waals surface area contributed by atoms with E-state index in [4.69, 9.17) is 19.5 Å². The Morgan fingerprint density at radius 3 is 2.38 bits per heavy atom. The van der Waals surface area contributed by atoms with E-state index in [-0.39, 0.29) is 60.5 Å². The van der Waals surface area contributed by atoms with E-state index in [1.165, 1.54) is 13.8 Å². The van der Waals surface area contributed by atoms with Crippen molar-refractivity contribution in [2.24, 2.45) is 5.41 Å². The average molecular weight is 831 g/mol. The van der Waals surface area contributed by atoms with E-state index in [0.717, 1.165) is 29.0 Å². The SMILES string of the molecule is CCC(=O)SCCNC(=O)CCNC(=O)[C@H](O)C(C)(C)COP(=O)(O)OP(=O)(O)OC[C@H]1O[C@@H](n2cnc3c(N)ncnc32)[C@H](O)[C@@H]1OP(=O)(O)O.[Li]. The molecule has 1 saturated heterocycles. The number of aromatic nitrogens is 4. The second-order valence-electron chi connectivity index (χ2n) is 11.6. The van der Waals surface area contributed by atoms with E-state index >= 15 is 0 Å². The fourth-order valence-corrected chi connectivity index (χ4v) is 7.86. The molecule has 0 saturated carbocycles. The van der Waals surface area contributed by atoms with Crippen LogP contribution in [-0.4, -0.2) is 142 Å². The first kappa shape index (κ1) is 47.3. The van der Waals surface area contributed by atoms with Crippen molar-refractivity contribution in [1.29, 1.82) is 0 Å². The van der Waals surface area contributed by atoms with Crippen LogP contribution in [0.1, 0.15) is 39.8 Å². The van der Waals surface area contributed by atoms with Crippen LogP contribution in [0, 0.1) is 5.41 Å². The van der Waals surface area contributed by atoms with Gasteiger partial charge in [0.15, 0.2) is 22.8 Å². The first-order chi connectivity index (χ1) is 24.1. The molecule has 2 aromatic heterocycles. The summed E-state index contributed by atoms with van der Waals surface area (Å²) in [5, 5.41) is 26.2. The molecular formula is C24H40LiN7O17P3S. The second-order valence-corrected chi connectivity index (χ2v) is 17.0. The molecule has 0 aromatic carbocycles. The number of phosphoric ester groups is 3. The van der Waals surface area contributed by atoms with Crippen molar-refractivity contribution in [2.45, 2.75) is 64.3 Å². The number of aliphatic hydroxyl groups is 2. The van der Waals surface area contributed by atoms with Gasteiger partial charge < -0.3 is 50.9 Å². The number of thioether (sulfide) groups is 1. The zero-order chi connectivity index (χ0) is 39.1. The first-order valence-corrected chi connectivity index (χ1v) is 20.6. The van der Waals surface area contributed by atoms with Gasteiger partial charge in [-0.05, 0) is 0 Å². The molecule has 0 aliphatic carbocycles. The van der Waals surface area contributed by atoms with Crippen LogP contribution in [0.3, 0.4) is 0 Å². The number of anilines is 1.